The second-order valence-electron chi connectivity index (χ2n) is 6.11. The molecule has 2 atom stereocenters. The van der Waals surface area contributed by atoms with Crippen molar-refractivity contribution in [1.82, 2.24) is 9.88 Å². The fraction of sp³-hybridized carbons (Fsp3) is 0.500. The lowest BCUT2D eigenvalue weighted by Crippen LogP contribution is -2.47. The van der Waals surface area contributed by atoms with E-state index in [9.17, 15) is 4.79 Å². The molecule has 0 spiro atoms. The van der Waals surface area contributed by atoms with E-state index in [-0.39, 0.29) is 5.97 Å². The molecule has 22 heavy (non-hydrogen) atoms. The molecule has 0 saturated carbocycles. The molecule has 2 heterocycles. The number of hydrogen-bond acceptors (Lipinski definition) is 3. The highest BCUT2D eigenvalue weighted by atomic mass is 16.5. The fourth-order valence-corrected chi connectivity index (χ4v) is 3.58. The molecule has 4 heteroatoms. The first kappa shape index (κ1) is 15.1. The third kappa shape index (κ3) is 2.88. The summed E-state index contributed by atoms with van der Waals surface area (Å²) in [6.45, 7) is 5.93. The van der Waals surface area contributed by atoms with Gasteiger partial charge in [-0.25, -0.2) is 4.79 Å². The van der Waals surface area contributed by atoms with Crippen molar-refractivity contribution >= 4 is 16.9 Å². The van der Waals surface area contributed by atoms with Crippen molar-refractivity contribution in [2.24, 2.45) is 0 Å². The molecular formula is C18H24N2O2. The number of esters is 1. The summed E-state index contributed by atoms with van der Waals surface area (Å²) in [4.78, 5) is 18.0. The van der Waals surface area contributed by atoms with Crippen LogP contribution in [0.1, 0.15) is 43.5 Å². The first-order chi connectivity index (χ1) is 10.7. The molecule has 0 bridgehead atoms. The molecule has 0 aliphatic carbocycles. The number of H-pyrrole nitrogens is 1. The predicted octanol–water partition coefficient (Wildman–Crippen LogP) is 3.59. The number of likely N-dealkylation sites (N-methyl/N-ethyl adjacent to an activating group) is 1. The van der Waals surface area contributed by atoms with Gasteiger partial charge in [0, 0.05) is 29.2 Å². The van der Waals surface area contributed by atoms with Gasteiger partial charge >= 0.3 is 5.97 Å². The maximum absolute atomic E-state index is 12.4. The molecule has 118 valence electrons. The molecule has 3 rings (SSSR count). The summed E-state index contributed by atoms with van der Waals surface area (Å²) in [7, 11) is 0. The molecule has 1 saturated heterocycles. The van der Waals surface area contributed by atoms with Crippen LogP contribution in [-0.4, -0.2) is 41.1 Å². The zero-order valence-corrected chi connectivity index (χ0v) is 13.3. The smallest absolute Gasteiger partial charge is 0.340 e. The van der Waals surface area contributed by atoms with Crippen molar-refractivity contribution in [3.8, 4) is 0 Å². The highest BCUT2D eigenvalue weighted by Gasteiger charge is 2.27. The lowest BCUT2D eigenvalue weighted by atomic mass is 9.97. The Morgan fingerprint density at radius 2 is 2.18 bits per heavy atom. The Balaban J connectivity index is 1.67. The quantitative estimate of drug-likeness (QED) is 0.878. The molecule has 1 aliphatic heterocycles. The van der Waals surface area contributed by atoms with E-state index < -0.39 is 0 Å². The minimum atomic E-state index is -0.230. The normalized spacial score (nSPS) is 22.8. The van der Waals surface area contributed by atoms with Crippen molar-refractivity contribution in [3.05, 3.63) is 36.0 Å². The highest BCUT2D eigenvalue weighted by Crippen LogP contribution is 2.23. The Morgan fingerprint density at radius 3 is 3.00 bits per heavy atom. The summed E-state index contributed by atoms with van der Waals surface area (Å²) in [5.74, 6) is -0.230. The Labute approximate surface area is 131 Å². The average Bonchev–Trinajstić information content (AvgIpc) is 2.96. The maximum atomic E-state index is 12.4. The predicted molar refractivity (Wildman–Crippen MR) is 88.1 cm³/mol. The van der Waals surface area contributed by atoms with Crippen molar-refractivity contribution in [1.29, 1.82) is 0 Å². The number of ether oxygens (including phenoxy) is 1. The van der Waals surface area contributed by atoms with Crippen LogP contribution in [0.25, 0.3) is 10.9 Å². The van der Waals surface area contributed by atoms with E-state index in [0.29, 0.717) is 24.3 Å². The number of aromatic nitrogens is 1. The van der Waals surface area contributed by atoms with Gasteiger partial charge in [-0.2, -0.15) is 0 Å². The van der Waals surface area contributed by atoms with Gasteiger partial charge in [0.05, 0.1) is 5.56 Å². The van der Waals surface area contributed by atoms with E-state index in [2.05, 4.69) is 23.7 Å². The van der Waals surface area contributed by atoms with Crippen LogP contribution in [0, 0.1) is 0 Å². The van der Waals surface area contributed by atoms with Gasteiger partial charge in [-0.15, -0.1) is 0 Å². The van der Waals surface area contributed by atoms with Crippen LogP contribution >= 0.6 is 0 Å². The monoisotopic (exact) mass is 300 g/mol. The SMILES string of the molecule is CCN1C(C)CCCC1COC(=O)c1c[nH]c2ccccc12. The van der Waals surface area contributed by atoms with Crippen LogP contribution in [0.15, 0.2) is 30.5 Å². The molecule has 1 fully saturated rings. The number of aromatic amines is 1. The van der Waals surface area contributed by atoms with Crippen LogP contribution in [0.2, 0.25) is 0 Å². The first-order valence-electron chi connectivity index (χ1n) is 8.19. The number of likely N-dealkylation sites (tertiary alicyclic amines) is 1. The highest BCUT2D eigenvalue weighted by molar-refractivity contribution is 6.03. The van der Waals surface area contributed by atoms with Crippen molar-refractivity contribution < 1.29 is 9.53 Å². The summed E-state index contributed by atoms with van der Waals surface area (Å²) < 4.78 is 5.61. The number of rotatable bonds is 4. The third-order valence-electron chi connectivity index (χ3n) is 4.78. The number of fused-ring (bicyclic) bond motifs is 1. The van der Waals surface area contributed by atoms with Gasteiger partial charge in [0.2, 0.25) is 0 Å². The molecule has 1 N–H and O–H groups in total. The number of hydrogen-bond donors (Lipinski definition) is 1. The Kier molecular flexibility index (Phi) is 4.48. The van der Waals surface area contributed by atoms with Crippen LogP contribution in [-0.2, 0) is 4.74 Å². The number of benzene rings is 1. The summed E-state index contributed by atoms with van der Waals surface area (Å²) in [5.41, 5.74) is 1.60. The van der Waals surface area contributed by atoms with E-state index >= 15 is 0 Å². The molecule has 2 unspecified atom stereocenters. The number of nitrogens with zero attached hydrogens (tertiary/aromatic N) is 1. The zero-order chi connectivity index (χ0) is 15.5. The zero-order valence-electron chi connectivity index (χ0n) is 13.3. The Bertz CT molecular complexity index is 649. The Hall–Kier alpha value is -1.81. The molecule has 2 aromatic rings. The van der Waals surface area contributed by atoms with Crippen LogP contribution in [0.5, 0.6) is 0 Å². The summed E-state index contributed by atoms with van der Waals surface area (Å²) in [6.07, 6.45) is 5.31. The van der Waals surface area contributed by atoms with Crippen LogP contribution < -0.4 is 0 Å². The lowest BCUT2D eigenvalue weighted by molar-refractivity contribution is 0.0178. The average molecular weight is 300 g/mol. The van der Waals surface area contributed by atoms with Gasteiger partial charge in [0.1, 0.15) is 6.61 Å². The number of para-hydroxylation sites is 1. The molecule has 0 amide bonds. The van der Waals surface area contributed by atoms with Gasteiger partial charge in [-0.3, -0.25) is 4.90 Å². The summed E-state index contributed by atoms with van der Waals surface area (Å²) >= 11 is 0. The van der Waals surface area contributed by atoms with Crippen molar-refractivity contribution in [2.75, 3.05) is 13.2 Å². The number of nitrogens with one attached hydrogen (secondary N) is 1. The van der Waals surface area contributed by atoms with Gasteiger partial charge in [-0.05, 0) is 32.4 Å². The second-order valence-corrected chi connectivity index (χ2v) is 6.11. The summed E-state index contributed by atoms with van der Waals surface area (Å²) in [5, 5.41) is 0.928. The van der Waals surface area contributed by atoms with Crippen LogP contribution in [0.4, 0.5) is 0 Å². The van der Waals surface area contributed by atoms with Gasteiger partial charge < -0.3 is 9.72 Å². The molecule has 1 aromatic carbocycles. The van der Waals surface area contributed by atoms with E-state index in [1.807, 2.05) is 24.3 Å². The minimum absolute atomic E-state index is 0.230. The standard InChI is InChI=1S/C18H24N2O2/c1-3-20-13(2)7-6-8-14(20)12-22-18(21)16-11-19-17-10-5-4-9-15(16)17/h4-5,9-11,13-14,19H,3,6-8,12H2,1-2H3. The lowest BCUT2D eigenvalue weighted by Gasteiger charge is -2.39. The summed E-state index contributed by atoms with van der Waals surface area (Å²) in [6, 6.07) is 8.74. The van der Waals surface area contributed by atoms with E-state index in [0.717, 1.165) is 23.9 Å². The molecule has 0 radical (unpaired) electrons. The van der Waals surface area contributed by atoms with Gasteiger partial charge in [0.15, 0.2) is 0 Å². The molecule has 4 nitrogen and oxygen atoms in total. The van der Waals surface area contributed by atoms with E-state index in [4.69, 9.17) is 4.74 Å². The van der Waals surface area contributed by atoms with Crippen molar-refractivity contribution in [3.63, 3.8) is 0 Å². The largest absolute Gasteiger partial charge is 0.460 e. The number of carbonyl (C=O) groups excluding carboxylic acids is 1. The molecular weight excluding hydrogens is 276 g/mol. The van der Waals surface area contributed by atoms with Crippen LogP contribution in [0.3, 0.4) is 0 Å². The topological polar surface area (TPSA) is 45.3 Å². The maximum Gasteiger partial charge on any atom is 0.340 e. The van der Waals surface area contributed by atoms with Gasteiger partial charge in [0.25, 0.3) is 0 Å². The Morgan fingerprint density at radius 1 is 1.36 bits per heavy atom. The van der Waals surface area contributed by atoms with E-state index in [1.165, 1.54) is 12.8 Å². The molecule has 1 aromatic heterocycles. The van der Waals surface area contributed by atoms with Crippen molar-refractivity contribution in [2.45, 2.75) is 45.2 Å². The molecule has 1 aliphatic rings. The van der Waals surface area contributed by atoms with E-state index in [1.54, 1.807) is 6.20 Å². The number of piperidine rings is 1. The third-order valence-corrected chi connectivity index (χ3v) is 4.78. The number of carbonyl (C=O) groups is 1. The minimum Gasteiger partial charge on any atom is -0.460 e. The first-order valence-corrected chi connectivity index (χ1v) is 8.19. The second kappa shape index (κ2) is 6.53. The van der Waals surface area contributed by atoms with Gasteiger partial charge in [-0.1, -0.05) is 31.5 Å². The fourth-order valence-electron chi connectivity index (χ4n) is 3.58.